The molecule has 0 amide bonds. The zero-order valence-corrected chi connectivity index (χ0v) is 7.78. The molecule has 0 saturated heterocycles. The predicted octanol–water partition coefficient (Wildman–Crippen LogP) is -0.254. The lowest BCUT2D eigenvalue weighted by Gasteiger charge is -1.89. The fourth-order valence-electron chi connectivity index (χ4n) is 0.477. The molecule has 6 heteroatoms. The molecule has 0 aromatic heterocycles. The van der Waals surface area contributed by atoms with E-state index in [1.165, 1.54) is 6.21 Å². The Labute approximate surface area is 77.0 Å². The van der Waals surface area contributed by atoms with Crippen molar-refractivity contribution >= 4 is 23.6 Å². The topological polar surface area (TPSA) is 113 Å². The average molecular weight is 182 g/mol. The first-order valence-corrected chi connectivity index (χ1v) is 3.69. The predicted molar refractivity (Wildman–Crippen MR) is 55.7 cm³/mol. The summed E-state index contributed by atoms with van der Waals surface area (Å²) >= 11 is 0. The molecule has 0 aliphatic carbocycles. The summed E-state index contributed by atoms with van der Waals surface area (Å²) in [6.45, 7) is 3.77. The summed E-state index contributed by atoms with van der Waals surface area (Å²) in [4.78, 5) is 3.92. The maximum Gasteiger partial charge on any atom is 0.211 e. The number of nitrogens with one attached hydrogen (secondary N) is 1. The average Bonchev–Trinajstić information content (AvgIpc) is 2.00. The molecule has 5 N–H and O–H groups in total. The third-order valence-electron chi connectivity index (χ3n) is 0.930. The van der Waals surface area contributed by atoms with E-state index < -0.39 is 0 Å². The van der Waals surface area contributed by atoms with Crippen molar-refractivity contribution in [2.45, 2.75) is 13.8 Å². The molecule has 0 saturated carbocycles. The molecule has 72 valence electrons. The van der Waals surface area contributed by atoms with Crippen LogP contribution in [0.3, 0.4) is 0 Å². The molecule has 0 fully saturated rings. The Bertz CT molecular complexity index is 258. The molecule has 0 bridgehead atoms. The summed E-state index contributed by atoms with van der Waals surface area (Å²) in [7, 11) is 0. The summed E-state index contributed by atoms with van der Waals surface area (Å²) in [5.41, 5.74) is 11.2. The molecule has 6 nitrogen and oxygen atoms in total. The molecule has 0 aliphatic heterocycles. The number of guanidine groups is 1. The maximum absolute atomic E-state index is 7.09. The summed E-state index contributed by atoms with van der Waals surface area (Å²) in [5.74, 6) is -0.0871. The van der Waals surface area contributed by atoms with Crippen LogP contribution in [0.2, 0.25) is 0 Å². The van der Waals surface area contributed by atoms with Crippen LogP contribution in [0.5, 0.6) is 0 Å². The van der Waals surface area contributed by atoms with Gasteiger partial charge in [0.1, 0.15) is 0 Å². The molecule has 0 aromatic rings. The second kappa shape index (κ2) is 5.87. The first kappa shape index (κ1) is 11.3. The minimum Gasteiger partial charge on any atom is -0.369 e. The van der Waals surface area contributed by atoms with Gasteiger partial charge in [-0.05, 0) is 13.8 Å². The SMILES string of the molecule is CC(=N)CN=C/C(C)=N\N=C(N)N. The molecule has 0 rings (SSSR count). The van der Waals surface area contributed by atoms with Gasteiger partial charge < -0.3 is 16.9 Å². The van der Waals surface area contributed by atoms with E-state index in [2.05, 4.69) is 15.2 Å². The molecule has 0 heterocycles. The van der Waals surface area contributed by atoms with Gasteiger partial charge in [0.2, 0.25) is 5.96 Å². The normalized spacial score (nSPS) is 11.7. The highest BCUT2D eigenvalue weighted by atomic mass is 15.3. The smallest absolute Gasteiger partial charge is 0.211 e. The van der Waals surface area contributed by atoms with Gasteiger partial charge in [-0.25, -0.2) is 0 Å². The van der Waals surface area contributed by atoms with Crippen molar-refractivity contribution in [2.24, 2.45) is 26.7 Å². The third-order valence-corrected chi connectivity index (χ3v) is 0.930. The lowest BCUT2D eigenvalue weighted by atomic mass is 10.4. The number of nitrogens with two attached hydrogens (primary N) is 2. The highest BCUT2D eigenvalue weighted by Gasteiger charge is 1.85. The van der Waals surface area contributed by atoms with Crippen LogP contribution < -0.4 is 11.5 Å². The van der Waals surface area contributed by atoms with Crippen LogP contribution in [0.1, 0.15) is 13.8 Å². The summed E-state index contributed by atoms with van der Waals surface area (Å²) < 4.78 is 0. The first-order valence-electron chi connectivity index (χ1n) is 3.69. The lowest BCUT2D eigenvalue weighted by Crippen LogP contribution is -2.22. The molecule has 13 heavy (non-hydrogen) atoms. The van der Waals surface area contributed by atoms with E-state index in [0.717, 1.165) is 0 Å². The highest BCUT2D eigenvalue weighted by Crippen LogP contribution is 1.78. The van der Waals surface area contributed by atoms with E-state index in [4.69, 9.17) is 16.9 Å². The van der Waals surface area contributed by atoms with Gasteiger partial charge in [0.15, 0.2) is 0 Å². The standard InChI is InChI=1S/C7H14N6/c1-5(8)3-11-4-6(2)12-13-7(9)10/h4,8H,3H2,1-2H3,(H4,9,10,13)/b8-5?,11-4?,12-6-. The van der Waals surface area contributed by atoms with Gasteiger partial charge in [-0.2, -0.15) is 5.10 Å². The van der Waals surface area contributed by atoms with Crippen LogP contribution in [0.25, 0.3) is 0 Å². The van der Waals surface area contributed by atoms with Crippen LogP contribution in [0.15, 0.2) is 15.2 Å². The van der Waals surface area contributed by atoms with E-state index in [-0.39, 0.29) is 5.96 Å². The molecular formula is C7H14N6. The quantitative estimate of drug-likeness (QED) is 0.316. The van der Waals surface area contributed by atoms with Crippen molar-refractivity contribution in [1.29, 1.82) is 5.41 Å². The van der Waals surface area contributed by atoms with Crippen molar-refractivity contribution in [3.05, 3.63) is 0 Å². The second-order valence-corrected chi connectivity index (χ2v) is 2.52. The Morgan fingerprint density at radius 2 is 1.92 bits per heavy atom. The lowest BCUT2D eigenvalue weighted by molar-refractivity contribution is 1.20. The van der Waals surface area contributed by atoms with Crippen LogP contribution in [-0.4, -0.2) is 30.1 Å². The van der Waals surface area contributed by atoms with Gasteiger partial charge in [-0.1, -0.05) is 0 Å². The minimum absolute atomic E-state index is 0.0871. The van der Waals surface area contributed by atoms with E-state index >= 15 is 0 Å². The van der Waals surface area contributed by atoms with Crippen LogP contribution >= 0.6 is 0 Å². The van der Waals surface area contributed by atoms with Crippen molar-refractivity contribution in [1.82, 2.24) is 0 Å². The fraction of sp³-hybridized carbons (Fsp3) is 0.429. The fourth-order valence-corrected chi connectivity index (χ4v) is 0.477. The van der Waals surface area contributed by atoms with Crippen molar-refractivity contribution < 1.29 is 0 Å². The second-order valence-electron chi connectivity index (χ2n) is 2.52. The van der Waals surface area contributed by atoms with Crippen molar-refractivity contribution in [3.8, 4) is 0 Å². The van der Waals surface area contributed by atoms with Gasteiger partial charge in [0.25, 0.3) is 0 Å². The van der Waals surface area contributed by atoms with Crippen molar-refractivity contribution in [3.63, 3.8) is 0 Å². The van der Waals surface area contributed by atoms with Crippen molar-refractivity contribution in [2.75, 3.05) is 6.54 Å². The number of hydrogen-bond acceptors (Lipinski definition) is 4. The molecule has 0 aromatic carbocycles. The summed E-state index contributed by atoms with van der Waals surface area (Å²) in [6.07, 6.45) is 1.52. The van der Waals surface area contributed by atoms with E-state index in [0.29, 0.717) is 18.0 Å². The highest BCUT2D eigenvalue weighted by molar-refractivity contribution is 6.29. The van der Waals surface area contributed by atoms with Gasteiger partial charge in [0.05, 0.1) is 12.3 Å². The Hall–Kier alpha value is -1.72. The molecular weight excluding hydrogens is 168 g/mol. The van der Waals surface area contributed by atoms with Gasteiger partial charge in [0, 0.05) is 11.9 Å². The molecule has 0 unspecified atom stereocenters. The summed E-state index contributed by atoms with van der Waals surface area (Å²) in [6, 6.07) is 0. The Morgan fingerprint density at radius 3 is 2.38 bits per heavy atom. The largest absolute Gasteiger partial charge is 0.369 e. The minimum atomic E-state index is -0.0871. The third kappa shape index (κ3) is 8.18. The zero-order chi connectivity index (χ0) is 10.3. The van der Waals surface area contributed by atoms with Gasteiger partial charge in [-0.3, -0.25) is 4.99 Å². The summed E-state index contributed by atoms with van der Waals surface area (Å²) in [5, 5.41) is 14.2. The van der Waals surface area contributed by atoms with E-state index in [1.807, 2.05) is 0 Å². The number of hydrogen-bond donors (Lipinski definition) is 3. The first-order chi connectivity index (χ1) is 6.02. The van der Waals surface area contributed by atoms with Gasteiger partial charge in [-0.15, -0.1) is 5.10 Å². The molecule has 0 radical (unpaired) electrons. The maximum atomic E-state index is 7.09. The Kier molecular flexibility index (Phi) is 5.09. The number of aliphatic imine (C=N–C) groups is 1. The molecule has 0 spiro atoms. The van der Waals surface area contributed by atoms with E-state index in [1.54, 1.807) is 13.8 Å². The monoisotopic (exact) mass is 182 g/mol. The van der Waals surface area contributed by atoms with Crippen LogP contribution in [-0.2, 0) is 0 Å². The Balaban J connectivity index is 4.06. The van der Waals surface area contributed by atoms with Crippen LogP contribution in [0.4, 0.5) is 0 Å². The molecule has 0 aliphatic rings. The Morgan fingerprint density at radius 1 is 1.31 bits per heavy atom. The molecule has 0 atom stereocenters. The number of nitrogens with zero attached hydrogens (tertiary/aromatic N) is 3. The van der Waals surface area contributed by atoms with Gasteiger partial charge >= 0.3 is 0 Å². The van der Waals surface area contributed by atoms with Crippen LogP contribution in [0, 0.1) is 5.41 Å². The number of rotatable bonds is 4. The van der Waals surface area contributed by atoms with E-state index in [9.17, 15) is 0 Å². The zero-order valence-electron chi connectivity index (χ0n) is 7.78.